The first-order valence-corrected chi connectivity index (χ1v) is 11.6. The number of benzene rings is 1. The zero-order valence-electron chi connectivity index (χ0n) is 19.4. The third kappa shape index (κ3) is 4.50. The van der Waals surface area contributed by atoms with E-state index in [1.807, 2.05) is 13.0 Å². The highest BCUT2D eigenvalue weighted by atomic mass is 16.7. The SMILES string of the molecule is CCCCCCC(C)(C)c1cc(O)c2c(c1)OC1(OCC)CCC(=C(C)C)C2C1. The van der Waals surface area contributed by atoms with Crippen LogP contribution in [0, 0.1) is 0 Å². The highest BCUT2D eigenvalue weighted by Crippen LogP contribution is 2.55. The highest BCUT2D eigenvalue weighted by Gasteiger charge is 2.48. The first-order valence-electron chi connectivity index (χ1n) is 11.6. The van der Waals surface area contributed by atoms with E-state index in [9.17, 15) is 5.11 Å². The highest BCUT2D eigenvalue weighted by molar-refractivity contribution is 5.56. The number of aromatic hydroxyl groups is 1. The van der Waals surface area contributed by atoms with E-state index < -0.39 is 5.79 Å². The van der Waals surface area contributed by atoms with Crippen LogP contribution in [0.3, 0.4) is 0 Å². The van der Waals surface area contributed by atoms with Crippen LogP contribution in [0.15, 0.2) is 23.3 Å². The van der Waals surface area contributed by atoms with Gasteiger partial charge in [0, 0.05) is 30.9 Å². The van der Waals surface area contributed by atoms with Crippen LogP contribution in [0.25, 0.3) is 0 Å². The van der Waals surface area contributed by atoms with Gasteiger partial charge in [-0.15, -0.1) is 0 Å². The molecule has 3 rings (SSSR count). The van der Waals surface area contributed by atoms with Gasteiger partial charge < -0.3 is 14.6 Å². The molecule has 3 heteroatoms. The lowest BCUT2D eigenvalue weighted by Gasteiger charge is -2.47. The van der Waals surface area contributed by atoms with Crippen LogP contribution in [-0.4, -0.2) is 17.5 Å². The fraction of sp³-hybridized carbons (Fsp3) is 0.692. The van der Waals surface area contributed by atoms with E-state index in [1.54, 1.807) is 0 Å². The molecule has 29 heavy (non-hydrogen) atoms. The molecule has 162 valence electrons. The average molecular weight is 401 g/mol. The van der Waals surface area contributed by atoms with Crippen molar-refractivity contribution < 1.29 is 14.6 Å². The van der Waals surface area contributed by atoms with Crippen molar-refractivity contribution in [1.29, 1.82) is 0 Å². The number of hydrogen-bond donors (Lipinski definition) is 1. The number of fused-ring (bicyclic) bond motifs is 4. The van der Waals surface area contributed by atoms with Crippen molar-refractivity contribution in [3.05, 3.63) is 34.4 Å². The molecule has 1 N–H and O–H groups in total. The Morgan fingerprint density at radius 2 is 1.97 bits per heavy atom. The molecule has 1 saturated carbocycles. The first-order chi connectivity index (χ1) is 13.7. The lowest BCUT2D eigenvalue weighted by molar-refractivity contribution is -0.204. The molecule has 0 aromatic heterocycles. The third-order valence-corrected chi connectivity index (χ3v) is 6.96. The Morgan fingerprint density at radius 3 is 2.62 bits per heavy atom. The Morgan fingerprint density at radius 1 is 1.21 bits per heavy atom. The van der Waals surface area contributed by atoms with Gasteiger partial charge in [0.2, 0.25) is 5.79 Å². The van der Waals surface area contributed by atoms with Gasteiger partial charge >= 0.3 is 0 Å². The minimum Gasteiger partial charge on any atom is -0.507 e. The first kappa shape index (κ1) is 22.2. The molecule has 0 radical (unpaired) electrons. The van der Waals surface area contributed by atoms with Gasteiger partial charge in [0.15, 0.2) is 0 Å². The lowest BCUT2D eigenvalue weighted by Crippen LogP contribution is -2.47. The fourth-order valence-electron chi connectivity index (χ4n) is 5.20. The number of rotatable bonds is 8. The van der Waals surface area contributed by atoms with Crippen LogP contribution < -0.4 is 4.74 Å². The van der Waals surface area contributed by atoms with Crippen LogP contribution in [0.2, 0.25) is 0 Å². The average Bonchev–Trinajstić information content (AvgIpc) is 2.64. The smallest absolute Gasteiger partial charge is 0.211 e. The van der Waals surface area contributed by atoms with E-state index in [4.69, 9.17) is 9.47 Å². The van der Waals surface area contributed by atoms with Gasteiger partial charge in [-0.1, -0.05) is 57.6 Å². The molecule has 2 bridgehead atoms. The van der Waals surface area contributed by atoms with Crippen LogP contribution in [0.1, 0.15) is 110 Å². The minimum absolute atomic E-state index is 0.00822. The maximum absolute atomic E-state index is 11.1. The summed E-state index contributed by atoms with van der Waals surface area (Å²) < 4.78 is 12.7. The number of phenols is 1. The molecule has 3 nitrogen and oxygen atoms in total. The molecule has 1 heterocycles. The van der Waals surface area contributed by atoms with Crippen LogP contribution in [-0.2, 0) is 10.2 Å². The molecule has 0 spiro atoms. The number of unbranched alkanes of at least 4 members (excludes halogenated alkanes) is 3. The summed E-state index contributed by atoms with van der Waals surface area (Å²) >= 11 is 0. The molecule has 1 fully saturated rings. The van der Waals surface area contributed by atoms with Gasteiger partial charge in [-0.05, 0) is 56.7 Å². The van der Waals surface area contributed by atoms with Crippen molar-refractivity contribution in [2.45, 2.75) is 110 Å². The molecule has 0 saturated heterocycles. The number of phenolic OH excluding ortho intramolecular Hbond substituents is 1. The van der Waals surface area contributed by atoms with Gasteiger partial charge in [-0.25, -0.2) is 0 Å². The minimum atomic E-state index is -0.554. The van der Waals surface area contributed by atoms with Gasteiger partial charge in [0.05, 0.1) is 0 Å². The molecule has 2 aliphatic rings. The molecule has 2 unspecified atom stereocenters. The van der Waals surface area contributed by atoms with Crippen molar-refractivity contribution in [3.63, 3.8) is 0 Å². The summed E-state index contributed by atoms with van der Waals surface area (Å²) in [5, 5.41) is 11.1. The van der Waals surface area contributed by atoms with E-state index in [1.165, 1.54) is 36.8 Å². The molecular formula is C26H40O3. The Kier molecular flexibility index (Phi) is 6.67. The second kappa shape index (κ2) is 8.71. The van der Waals surface area contributed by atoms with Crippen LogP contribution in [0.4, 0.5) is 0 Å². The summed E-state index contributed by atoms with van der Waals surface area (Å²) in [5.74, 6) is 0.840. The maximum atomic E-state index is 11.1. The summed E-state index contributed by atoms with van der Waals surface area (Å²) in [4.78, 5) is 0. The van der Waals surface area contributed by atoms with Gasteiger partial charge in [-0.2, -0.15) is 0 Å². The monoisotopic (exact) mass is 400 g/mol. The Hall–Kier alpha value is -1.48. The molecule has 2 atom stereocenters. The second-order valence-electron chi connectivity index (χ2n) is 9.83. The number of allylic oxidation sites excluding steroid dienone is 2. The predicted octanol–water partition coefficient (Wildman–Crippen LogP) is 7.37. The molecule has 1 aromatic rings. The Bertz CT molecular complexity index is 757. The summed E-state index contributed by atoms with van der Waals surface area (Å²) in [6.45, 7) is 13.8. The lowest BCUT2D eigenvalue weighted by atomic mass is 9.71. The largest absolute Gasteiger partial charge is 0.507 e. The van der Waals surface area contributed by atoms with Crippen molar-refractivity contribution in [2.75, 3.05) is 6.61 Å². The van der Waals surface area contributed by atoms with Gasteiger partial charge in [-0.3, -0.25) is 0 Å². The van der Waals surface area contributed by atoms with Crippen molar-refractivity contribution in [2.24, 2.45) is 0 Å². The van der Waals surface area contributed by atoms with Crippen molar-refractivity contribution >= 4 is 0 Å². The quantitative estimate of drug-likeness (QED) is 0.366. The summed E-state index contributed by atoms with van der Waals surface area (Å²) in [7, 11) is 0. The van der Waals surface area contributed by atoms with Crippen molar-refractivity contribution in [1.82, 2.24) is 0 Å². The Balaban J connectivity index is 1.98. The molecule has 1 aliphatic heterocycles. The normalized spacial score (nSPS) is 23.5. The predicted molar refractivity (Wildman–Crippen MR) is 120 cm³/mol. The van der Waals surface area contributed by atoms with Crippen LogP contribution in [0.5, 0.6) is 11.5 Å². The second-order valence-corrected chi connectivity index (χ2v) is 9.83. The van der Waals surface area contributed by atoms with E-state index in [0.29, 0.717) is 12.4 Å². The topological polar surface area (TPSA) is 38.7 Å². The van der Waals surface area contributed by atoms with Crippen LogP contribution >= 0.6 is 0 Å². The van der Waals surface area contributed by atoms with Crippen molar-refractivity contribution in [3.8, 4) is 11.5 Å². The molecule has 1 aliphatic carbocycles. The number of hydrogen-bond acceptors (Lipinski definition) is 3. The van der Waals surface area contributed by atoms with Gasteiger partial charge in [0.1, 0.15) is 11.5 Å². The zero-order valence-corrected chi connectivity index (χ0v) is 19.4. The zero-order chi connectivity index (χ0) is 21.2. The molecular weight excluding hydrogens is 360 g/mol. The number of ether oxygens (including phenoxy) is 2. The van der Waals surface area contributed by atoms with E-state index in [2.05, 4.69) is 40.7 Å². The van der Waals surface area contributed by atoms with E-state index in [0.717, 1.165) is 42.6 Å². The van der Waals surface area contributed by atoms with E-state index >= 15 is 0 Å². The molecule has 0 amide bonds. The van der Waals surface area contributed by atoms with E-state index in [-0.39, 0.29) is 11.3 Å². The third-order valence-electron chi connectivity index (χ3n) is 6.96. The summed E-state index contributed by atoms with van der Waals surface area (Å²) in [6, 6.07) is 4.18. The van der Waals surface area contributed by atoms with Gasteiger partial charge in [0.25, 0.3) is 0 Å². The standard InChI is InChI=1S/C26H40O3/c1-7-9-10-11-13-25(5,6)19-15-22(27)24-21-17-26(28-8-2,29-23(24)16-19)14-12-20(21)18(3)4/h15-16,21,27H,7-14,17H2,1-6H3. The maximum Gasteiger partial charge on any atom is 0.211 e. The summed E-state index contributed by atoms with van der Waals surface area (Å²) in [5.41, 5.74) is 4.92. The Labute approximate surface area is 177 Å². The summed E-state index contributed by atoms with van der Waals surface area (Å²) in [6.07, 6.45) is 8.78. The molecule has 1 aromatic carbocycles. The fourth-order valence-corrected chi connectivity index (χ4v) is 5.20.